The zero-order chi connectivity index (χ0) is 12.9. The van der Waals surface area contributed by atoms with Gasteiger partial charge in [-0.05, 0) is 12.5 Å². The minimum absolute atomic E-state index is 0.144. The second kappa shape index (κ2) is 5.87. The van der Waals surface area contributed by atoms with Gasteiger partial charge < -0.3 is 4.74 Å². The molecule has 0 radical (unpaired) electrons. The van der Waals surface area contributed by atoms with E-state index in [2.05, 4.69) is 17.4 Å². The number of esters is 1. The number of thiol groups is 1. The molecule has 0 saturated carbocycles. The summed E-state index contributed by atoms with van der Waals surface area (Å²) in [6.45, 7) is 1.57. The van der Waals surface area contributed by atoms with Gasteiger partial charge in [0.1, 0.15) is 5.41 Å². The molecule has 1 atom stereocenters. The Morgan fingerprint density at radius 2 is 1.88 bits per heavy atom. The summed E-state index contributed by atoms with van der Waals surface area (Å²) in [5.74, 6) is -0.565. The van der Waals surface area contributed by atoms with E-state index in [9.17, 15) is 9.59 Å². The van der Waals surface area contributed by atoms with Crippen LogP contribution in [0.15, 0.2) is 30.3 Å². The van der Waals surface area contributed by atoms with E-state index < -0.39 is 11.4 Å². The molecule has 0 aliphatic rings. The Morgan fingerprint density at radius 1 is 1.29 bits per heavy atom. The van der Waals surface area contributed by atoms with Crippen molar-refractivity contribution in [3.05, 3.63) is 35.9 Å². The highest BCUT2D eigenvalue weighted by atomic mass is 32.1. The molecule has 0 bridgehead atoms. The van der Waals surface area contributed by atoms with Crippen LogP contribution in [-0.2, 0) is 20.7 Å². The fourth-order valence-corrected chi connectivity index (χ4v) is 1.77. The summed E-state index contributed by atoms with van der Waals surface area (Å²) in [7, 11) is 1.28. The number of methoxy groups -OCH3 is 1. The monoisotopic (exact) mass is 252 g/mol. The lowest BCUT2D eigenvalue weighted by Crippen LogP contribution is -2.40. The number of benzene rings is 1. The number of Topliss-reactive ketones (excluding diaryl/α,β-unsaturated/α-hetero) is 1. The summed E-state index contributed by atoms with van der Waals surface area (Å²) >= 11 is 4.08. The van der Waals surface area contributed by atoms with E-state index in [0.717, 1.165) is 5.56 Å². The molecule has 0 amide bonds. The molecule has 3 nitrogen and oxygen atoms in total. The van der Waals surface area contributed by atoms with Gasteiger partial charge in [0.05, 0.1) is 7.11 Å². The summed E-state index contributed by atoms with van der Waals surface area (Å²) < 4.78 is 4.66. The highest BCUT2D eigenvalue weighted by Gasteiger charge is 2.40. The molecule has 1 aromatic carbocycles. The topological polar surface area (TPSA) is 43.4 Å². The summed E-state index contributed by atoms with van der Waals surface area (Å²) in [5, 5.41) is 0. The van der Waals surface area contributed by atoms with Gasteiger partial charge in [0.25, 0.3) is 0 Å². The largest absolute Gasteiger partial charge is 0.468 e. The molecule has 1 aromatic rings. The van der Waals surface area contributed by atoms with Crippen LogP contribution in [0.4, 0.5) is 0 Å². The summed E-state index contributed by atoms with van der Waals surface area (Å²) in [6.07, 6.45) is 0.215. The van der Waals surface area contributed by atoms with Crippen LogP contribution in [0.5, 0.6) is 0 Å². The van der Waals surface area contributed by atoms with Crippen LogP contribution in [0.3, 0.4) is 0 Å². The molecule has 4 heteroatoms. The first-order chi connectivity index (χ1) is 8.04. The summed E-state index contributed by atoms with van der Waals surface area (Å²) in [4.78, 5) is 23.7. The van der Waals surface area contributed by atoms with Crippen molar-refractivity contribution in [3.63, 3.8) is 0 Å². The Labute approximate surface area is 107 Å². The maximum atomic E-state index is 12.1. The standard InChI is InChI=1S/C13H16O3S/c1-13(9-17,12(15)16-2)11(14)8-10-6-4-3-5-7-10/h3-7,17H,8-9H2,1-2H3/t13-/m0/s1. The number of carbonyl (C=O) groups excluding carboxylic acids is 2. The third kappa shape index (κ3) is 3.09. The van der Waals surface area contributed by atoms with Gasteiger partial charge in [-0.15, -0.1) is 0 Å². The number of carbonyl (C=O) groups is 2. The van der Waals surface area contributed by atoms with E-state index in [-0.39, 0.29) is 18.0 Å². The lowest BCUT2D eigenvalue weighted by molar-refractivity contribution is -0.155. The SMILES string of the molecule is COC(=O)[C@@](C)(CS)C(=O)Cc1ccccc1. The van der Waals surface area contributed by atoms with E-state index in [0.29, 0.717) is 0 Å². The molecule has 92 valence electrons. The van der Waals surface area contributed by atoms with Crippen LogP contribution >= 0.6 is 12.6 Å². The van der Waals surface area contributed by atoms with Gasteiger partial charge in [-0.2, -0.15) is 12.6 Å². The number of hydrogen-bond donors (Lipinski definition) is 1. The van der Waals surface area contributed by atoms with Gasteiger partial charge in [0.2, 0.25) is 0 Å². The number of ketones is 1. The maximum absolute atomic E-state index is 12.1. The van der Waals surface area contributed by atoms with Crippen LogP contribution in [-0.4, -0.2) is 24.6 Å². The third-order valence-electron chi connectivity index (χ3n) is 2.78. The van der Waals surface area contributed by atoms with Gasteiger partial charge in [-0.3, -0.25) is 9.59 Å². The molecule has 17 heavy (non-hydrogen) atoms. The summed E-state index contributed by atoms with van der Waals surface area (Å²) in [5.41, 5.74) is -0.289. The van der Waals surface area contributed by atoms with Gasteiger partial charge in [0.15, 0.2) is 5.78 Å². The Bertz CT molecular complexity index is 402. The fraction of sp³-hybridized carbons (Fsp3) is 0.385. The zero-order valence-electron chi connectivity index (χ0n) is 9.97. The van der Waals surface area contributed by atoms with Crippen molar-refractivity contribution in [2.45, 2.75) is 13.3 Å². The number of hydrogen-bond acceptors (Lipinski definition) is 4. The summed E-state index contributed by atoms with van der Waals surface area (Å²) in [6, 6.07) is 9.31. The Hall–Kier alpha value is -1.29. The van der Waals surface area contributed by atoms with Gasteiger partial charge in [-0.1, -0.05) is 30.3 Å². The minimum atomic E-state index is -1.17. The van der Waals surface area contributed by atoms with E-state index in [1.54, 1.807) is 6.92 Å². The van der Waals surface area contributed by atoms with Gasteiger partial charge in [-0.25, -0.2) is 0 Å². The molecular weight excluding hydrogens is 236 g/mol. The van der Waals surface area contributed by atoms with Gasteiger partial charge in [0, 0.05) is 12.2 Å². The Morgan fingerprint density at radius 3 is 2.35 bits per heavy atom. The lowest BCUT2D eigenvalue weighted by atomic mass is 9.84. The van der Waals surface area contributed by atoms with Crippen molar-refractivity contribution >= 4 is 24.4 Å². The number of rotatable bonds is 5. The second-order valence-corrected chi connectivity index (χ2v) is 4.38. The first-order valence-electron chi connectivity index (χ1n) is 5.31. The smallest absolute Gasteiger partial charge is 0.319 e. The maximum Gasteiger partial charge on any atom is 0.319 e. The Kier molecular flexibility index (Phi) is 4.75. The van der Waals surface area contributed by atoms with Crippen LogP contribution < -0.4 is 0 Å². The molecule has 0 fully saturated rings. The van der Waals surface area contributed by atoms with Crippen molar-refractivity contribution in [3.8, 4) is 0 Å². The van der Waals surface area contributed by atoms with Crippen molar-refractivity contribution in [1.29, 1.82) is 0 Å². The quantitative estimate of drug-likeness (QED) is 0.494. The molecule has 0 heterocycles. The third-order valence-corrected chi connectivity index (χ3v) is 3.41. The van der Waals surface area contributed by atoms with Gasteiger partial charge >= 0.3 is 5.97 Å². The van der Waals surface area contributed by atoms with Crippen molar-refractivity contribution in [2.75, 3.05) is 12.9 Å². The first kappa shape index (κ1) is 13.8. The highest BCUT2D eigenvalue weighted by Crippen LogP contribution is 2.23. The molecule has 0 aliphatic carbocycles. The molecular formula is C13H16O3S. The average molecular weight is 252 g/mol. The lowest BCUT2D eigenvalue weighted by Gasteiger charge is -2.22. The predicted octanol–water partition coefficient (Wildman–Crippen LogP) is 1.91. The average Bonchev–Trinajstić information content (AvgIpc) is 2.37. The van der Waals surface area contributed by atoms with Crippen LogP contribution in [0.2, 0.25) is 0 Å². The zero-order valence-corrected chi connectivity index (χ0v) is 10.9. The Balaban J connectivity index is 2.85. The predicted molar refractivity (Wildman–Crippen MR) is 69.1 cm³/mol. The van der Waals surface area contributed by atoms with Crippen LogP contribution in [0, 0.1) is 5.41 Å². The second-order valence-electron chi connectivity index (χ2n) is 4.07. The molecule has 0 aliphatic heterocycles. The molecule has 1 rings (SSSR count). The van der Waals surface area contributed by atoms with E-state index in [4.69, 9.17) is 0 Å². The van der Waals surface area contributed by atoms with E-state index >= 15 is 0 Å². The van der Waals surface area contributed by atoms with E-state index in [1.807, 2.05) is 30.3 Å². The van der Waals surface area contributed by atoms with Crippen molar-refractivity contribution in [2.24, 2.45) is 5.41 Å². The first-order valence-corrected chi connectivity index (χ1v) is 5.94. The molecule has 0 spiro atoms. The van der Waals surface area contributed by atoms with Crippen LogP contribution in [0.1, 0.15) is 12.5 Å². The fourth-order valence-electron chi connectivity index (χ4n) is 1.47. The molecule has 0 N–H and O–H groups in total. The van der Waals surface area contributed by atoms with Crippen molar-refractivity contribution in [1.82, 2.24) is 0 Å². The molecule has 0 aromatic heterocycles. The normalized spacial score (nSPS) is 13.8. The van der Waals surface area contributed by atoms with E-state index in [1.165, 1.54) is 7.11 Å². The number of ether oxygens (including phenoxy) is 1. The molecule has 0 saturated heterocycles. The molecule has 0 unspecified atom stereocenters. The highest BCUT2D eigenvalue weighted by molar-refractivity contribution is 7.80. The minimum Gasteiger partial charge on any atom is -0.468 e. The van der Waals surface area contributed by atoms with Crippen LogP contribution in [0.25, 0.3) is 0 Å². The van der Waals surface area contributed by atoms with Crippen molar-refractivity contribution < 1.29 is 14.3 Å².